The molecule has 0 aliphatic carbocycles. The van der Waals surface area contributed by atoms with Gasteiger partial charge < -0.3 is 9.73 Å². The number of nitrogens with one attached hydrogen (secondary N) is 1. The third kappa shape index (κ3) is 4.20. The van der Waals surface area contributed by atoms with Crippen LogP contribution in [0.2, 0.25) is 0 Å². The highest BCUT2D eigenvalue weighted by Gasteiger charge is 2.14. The largest absolute Gasteiger partial charge is 0.422 e. The SMILES string of the molecule is Cc1cc(C)cc(NC=C(C#N)c2nc(-c3cc4cc(Br)ccc4oc3=O)cs2)c1. The van der Waals surface area contributed by atoms with Crippen molar-refractivity contribution in [3.8, 4) is 17.3 Å². The summed E-state index contributed by atoms with van der Waals surface area (Å²) in [5.74, 6) is 0. The van der Waals surface area contributed by atoms with Crippen LogP contribution in [0.15, 0.2) is 67.7 Å². The molecule has 2 heterocycles. The Bertz CT molecular complexity index is 1380. The van der Waals surface area contributed by atoms with Crippen LogP contribution in [0.1, 0.15) is 16.1 Å². The molecule has 0 radical (unpaired) electrons. The summed E-state index contributed by atoms with van der Waals surface area (Å²) in [6.45, 7) is 4.04. The van der Waals surface area contributed by atoms with Crippen molar-refractivity contribution in [2.24, 2.45) is 0 Å². The van der Waals surface area contributed by atoms with E-state index >= 15 is 0 Å². The molecule has 0 fully saturated rings. The lowest BCUT2D eigenvalue weighted by Crippen LogP contribution is -2.03. The molecule has 7 heteroatoms. The predicted molar refractivity (Wildman–Crippen MR) is 124 cm³/mol. The van der Waals surface area contributed by atoms with Gasteiger partial charge in [0, 0.05) is 27.1 Å². The van der Waals surface area contributed by atoms with Crippen LogP contribution in [0.25, 0.3) is 27.8 Å². The first kappa shape index (κ1) is 20.1. The molecule has 148 valence electrons. The van der Waals surface area contributed by atoms with Gasteiger partial charge in [-0.15, -0.1) is 11.3 Å². The zero-order valence-electron chi connectivity index (χ0n) is 16.2. The quantitative estimate of drug-likeness (QED) is 0.276. The number of nitriles is 1. The van der Waals surface area contributed by atoms with E-state index in [0.29, 0.717) is 27.4 Å². The van der Waals surface area contributed by atoms with Gasteiger partial charge in [0.2, 0.25) is 0 Å². The number of hydrogen-bond donors (Lipinski definition) is 1. The van der Waals surface area contributed by atoms with Gasteiger partial charge in [-0.3, -0.25) is 0 Å². The maximum Gasteiger partial charge on any atom is 0.345 e. The first-order chi connectivity index (χ1) is 14.4. The molecule has 2 aromatic heterocycles. The van der Waals surface area contributed by atoms with Crippen molar-refractivity contribution >= 4 is 49.5 Å². The van der Waals surface area contributed by atoms with Gasteiger partial charge in [0.1, 0.15) is 22.2 Å². The Labute approximate surface area is 185 Å². The number of benzene rings is 2. The van der Waals surface area contributed by atoms with Crippen LogP contribution in [0.3, 0.4) is 0 Å². The van der Waals surface area contributed by atoms with Crippen LogP contribution in [0, 0.1) is 25.2 Å². The van der Waals surface area contributed by atoms with Gasteiger partial charge >= 0.3 is 5.63 Å². The number of fused-ring (bicyclic) bond motifs is 1. The fourth-order valence-corrected chi connectivity index (χ4v) is 4.31. The highest BCUT2D eigenvalue weighted by Crippen LogP contribution is 2.27. The van der Waals surface area contributed by atoms with E-state index in [9.17, 15) is 10.1 Å². The standard InChI is InChI=1S/C23H16BrN3O2S/c1-13-5-14(2)7-18(6-13)26-11-16(10-25)22-27-20(12-30-22)19-9-15-8-17(24)3-4-21(15)29-23(19)28/h3-9,11-12,26H,1-2H3. The molecule has 0 saturated carbocycles. The van der Waals surface area contributed by atoms with Crippen LogP contribution in [-0.4, -0.2) is 4.98 Å². The third-order valence-corrected chi connectivity index (χ3v) is 5.80. The smallest absolute Gasteiger partial charge is 0.345 e. The van der Waals surface area contributed by atoms with Gasteiger partial charge in [-0.1, -0.05) is 22.0 Å². The fourth-order valence-electron chi connectivity index (χ4n) is 3.15. The second-order valence-corrected chi connectivity index (χ2v) is 8.63. The number of nitrogens with zero attached hydrogens (tertiary/aromatic N) is 2. The number of rotatable bonds is 4. The van der Waals surface area contributed by atoms with Crippen molar-refractivity contribution in [1.82, 2.24) is 4.98 Å². The summed E-state index contributed by atoms with van der Waals surface area (Å²) in [6, 6.07) is 15.5. The molecule has 0 atom stereocenters. The number of allylic oxidation sites excluding steroid dienone is 1. The number of halogens is 1. The van der Waals surface area contributed by atoms with Gasteiger partial charge in [0.05, 0.1) is 11.3 Å². The van der Waals surface area contributed by atoms with E-state index in [4.69, 9.17) is 4.42 Å². The number of thiazole rings is 1. The van der Waals surface area contributed by atoms with Crippen molar-refractivity contribution in [3.63, 3.8) is 0 Å². The molecule has 0 saturated heterocycles. The van der Waals surface area contributed by atoms with Gasteiger partial charge in [-0.05, 0) is 61.4 Å². The number of hydrogen-bond acceptors (Lipinski definition) is 6. The Balaban J connectivity index is 1.67. The van der Waals surface area contributed by atoms with Crippen LogP contribution in [0.5, 0.6) is 0 Å². The molecule has 0 aliphatic rings. The number of aryl methyl sites for hydroxylation is 2. The Morgan fingerprint density at radius 2 is 1.97 bits per heavy atom. The van der Waals surface area contributed by atoms with Crippen LogP contribution >= 0.6 is 27.3 Å². The fraction of sp³-hybridized carbons (Fsp3) is 0.0870. The lowest BCUT2D eigenvalue weighted by Gasteiger charge is -2.05. The number of aromatic nitrogens is 1. The zero-order valence-corrected chi connectivity index (χ0v) is 18.6. The summed E-state index contributed by atoms with van der Waals surface area (Å²) in [4.78, 5) is 16.9. The maximum atomic E-state index is 12.4. The molecule has 0 amide bonds. The van der Waals surface area contributed by atoms with Crippen LogP contribution in [-0.2, 0) is 0 Å². The molecule has 5 nitrogen and oxygen atoms in total. The van der Waals surface area contributed by atoms with Crippen molar-refractivity contribution in [3.05, 3.63) is 85.1 Å². The topological polar surface area (TPSA) is 78.9 Å². The first-order valence-electron chi connectivity index (χ1n) is 9.08. The number of anilines is 1. The molecule has 30 heavy (non-hydrogen) atoms. The predicted octanol–water partition coefficient (Wildman–Crippen LogP) is 6.27. The molecule has 0 bridgehead atoms. The summed E-state index contributed by atoms with van der Waals surface area (Å²) in [5.41, 5.74) is 4.46. The molecule has 0 aliphatic heterocycles. The molecular formula is C23H16BrN3O2S. The van der Waals surface area contributed by atoms with E-state index in [1.165, 1.54) is 11.3 Å². The van der Waals surface area contributed by atoms with E-state index in [0.717, 1.165) is 26.7 Å². The Kier molecular flexibility index (Phi) is 5.53. The van der Waals surface area contributed by atoms with Gasteiger partial charge in [-0.25, -0.2) is 9.78 Å². The molecule has 2 aromatic carbocycles. The van der Waals surface area contributed by atoms with E-state index in [2.05, 4.69) is 38.4 Å². The van der Waals surface area contributed by atoms with Gasteiger partial charge in [-0.2, -0.15) is 5.26 Å². The molecule has 1 N–H and O–H groups in total. The van der Waals surface area contributed by atoms with Crippen molar-refractivity contribution < 1.29 is 4.42 Å². The third-order valence-electron chi connectivity index (χ3n) is 4.43. The van der Waals surface area contributed by atoms with Crippen molar-refractivity contribution in [1.29, 1.82) is 5.26 Å². The molecule has 0 unspecified atom stereocenters. The van der Waals surface area contributed by atoms with E-state index in [1.807, 2.05) is 38.1 Å². The Hall–Kier alpha value is -3.21. The Morgan fingerprint density at radius 3 is 2.70 bits per heavy atom. The minimum absolute atomic E-state index is 0.364. The lowest BCUT2D eigenvalue weighted by atomic mass is 10.1. The second kappa shape index (κ2) is 8.27. The first-order valence-corrected chi connectivity index (χ1v) is 10.7. The average molecular weight is 478 g/mol. The Morgan fingerprint density at radius 1 is 1.20 bits per heavy atom. The summed E-state index contributed by atoms with van der Waals surface area (Å²) < 4.78 is 6.31. The summed E-state index contributed by atoms with van der Waals surface area (Å²) in [7, 11) is 0. The molecule has 4 aromatic rings. The monoisotopic (exact) mass is 477 g/mol. The molecular weight excluding hydrogens is 462 g/mol. The van der Waals surface area contributed by atoms with Gasteiger partial charge in [0.15, 0.2) is 0 Å². The van der Waals surface area contributed by atoms with Crippen molar-refractivity contribution in [2.45, 2.75) is 13.8 Å². The summed E-state index contributed by atoms with van der Waals surface area (Å²) >= 11 is 4.73. The highest BCUT2D eigenvalue weighted by molar-refractivity contribution is 9.10. The lowest BCUT2D eigenvalue weighted by molar-refractivity contribution is 0.563. The van der Waals surface area contributed by atoms with Crippen LogP contribution < -0.4 is 10.9 Å². The van der Waals surface area contributed by atoms with Crippen LogP contribution in [0.4, 0.5) is 5.69 Å². The van der Waals surface area contributed by atoms with Gasteiger partial charge in [0.25, 0.3) is 0 Å². The molecule has 0 spiro atoms. The summed E-state index contributed by atoms with van der Waals surface area (Å²) in [6.07, 6.45) is 1.64. The second-order valence-electron chi connectivity index (χ2n) is 6.86. The normalized spacial score (nSPS) is 11.5. The minimum atomic E-state index is -0.461. The average Bonchev–Trinajstić information content (AvgIpc) is 3.17. The van der Waals surface area contributed by atoms with Crippen molar-refractivity contribution in [2.75, 3.05) is 5.32 Å². The van der Waals surface area contributed by atoms with E-state index in [-0.39, 0.29) is 0 Å². The summed E-state index contributed by atoms with van der Waals surface area (Å²) in [5, 5.41) is 15.8. The maximum absolute atomic E-state index is 12.4. The highest BCUT2D eigenvalue weighted by atomic mass is 79.9. The van der Waals surface area contributed by atoms with E-state index in [1.54, 1.807) is 23.7 Å². The zero-order chi connectivity index (χ0) is 21.3. The minimum Gasteiger partial charge on any atom is -0.422 e. The van der Waals surface area contributed by atoms with E-state index < -0.39 is 5.63 Å². The molecule has 4 rings (SSSR count).